The summed E-state index contributed by atoms with van der Waals surface area (Å²) < 4.78 is 1.93. The van der Waals surface area contributed by atoms with Crippen molar-refractivity contribution in [2.75, 3.05) is 26.2 Å². The molecule has 8 heteroatoms. The van der Waals surface area contributed by atoms with Crippen molar-refractivity contribution in [1.82, 2.24) is 30.5 Å². The SMILES string of the molecule is CC(C)(C)n1cc(CN2CCCC(CNC(=O)C3CCCN3)C2)nn1.Cl. The summed E-state index contributed by atoms with van der Waals surface area (Å²) in [6, 6.07) is 0.0205. The van der Waals surface area contributed by atoms with Gasteiger partial charge in [-0.2, -0.15) is 0 Å². The van der Waals surface area contributed by atoms with Gasteiger partial charge in [0.1, 0.15) is 0 Å². The van der Waals surface area contributed by atoms with E-state index >= 15 is 0 Å². The number of likely N-dealkylation sites (tertiary alicyclic amines) is 1. The van der Waals surface area contributed by atoms with E-state index in [4.69, 9.17) is 0 Å². The third-order valence-electron chi connectivity index (χ3n) is 5.16. The fraction of sp³-hybridized carbons (Fsp3) is 0.833. The normalized spacial score (nSPS) is 24.3. The quantitative estimate of drug-likeness (QED) is 0.805. The molecule has 2 unspecified atom stereocenters. The molecule has 2 saturated heterocycles. The summed E-state index contributed by atoms with van der Waals surface area (Å²) in [6.07, 6.45) is 6.48. The van der Waals surface area contributed by atoms with Gasteiger partial charge >= 0.3 is 0 Å². The second-order valence-electron chi connectivity index (χ2n) is 8.46. The first-order valence-corrected chi connectivity index (χ1v) is 9.57. The van der Waals surface area contributed by atoms with Gasteiger partial charge in [-0.05, 0) is 65.5 Å². The number of hydrogen-bond donors (Lipinski definition) is 2. The average Bonchev–Trinajstić information content (AvgIpc) is 3.24. The highest BCUT2D eigenvalue weighted by Crippen LogP contribution is 2.19. The van der Waals surface area contributed by atoms with Crippen LogP contribution < -0.4 is 10.6 Å². The Balaban J connectivity index is 0.00000243. The van der Waals surface area contributed by atoms with Gasteiger partial charge in [-0.1, -0.05) is 5.21 Å². The summed E-state index contributed by atoms with van der Waals surface area (Å²) >= 11 is 0. The molecule has 3 heterocycles. The number of carbonyl (C=O) groups excluding carboxylic acids is 1. The monoisotopic (exact) mass is 384 g/mol. The second-order valence-corrected chi connectivity index (χ2v) is 8.46. The molecular weight excluding hydrogens is 352 g/mol. The van der Waals surface area contributed by atoms with Crippen LogP contribution in [-0.4, -0.2) is 58.0 Å². The smallest absolute Gasteiger partial charge is 0.237 e. The van der Waals surface area contributed by atoms with Gasteiger partial charge in [-0.3, -0.25) is 9.69 Å². The Hall–Kier alpha value is -1.18. The molecule has 1 aromatic rings. The summed E-state index contributed by atoms with van der Waals surface area (Å²) in [5.41, 5.74) is 0.989. The van der Waals surface area contributed by atoms with Crippen LogP contribution in [0, 0.1) is 5.92 Å². The third-order valence-corrected chi connectivity index (χ3v) is 5.16. The van der Waals surface area contributed by atoms with Gasteiger partial charge in [-0.15, -0.1) is 17.5 Å². The zero-order valence-corrected chi connectivity index (χ0v) is 17.0. The van der Waals surface area contributed by atoms with Crippen molar-refractivity contribution in [3.8, 4) is 0 Å². The first kappa shape index (κ1) is 21.1. The Morgan fingerprint density at radius 3 is 2.81 bits per heavy atom. The molecule has 0 aliphatic carbocycles. The van der Waals surface area contributed by atoms with E-state index in [9.17, 15) is 4.79 Å². The van der Waals surface area contributed by atoms with Crippen molar-refractivity contribution in [3.63, 3.8) is 0 Å². The lowest BCUT2D eigenvalue weighted by molar-refractivity contribution is -0.123. The molecule has 26 heavy (non-hydrogen) atoms. The molecule has 2 aliphatic rings. The van der Waals surface area contributed by atoms with E-state index in [-0.39, 0.29) is 29.9 Å². The van der Waals surface area contributed by atoms with E-state index in [0.717, 1.165) is 51.3 Å². The van der Waals surface area contributed by atoms with Crippen LogP contribution in [0.3, 0.4) is 0 Å². The molecule has 2 fully saturated rings. The van der Waals surface area contributed by atoms with Gasteiger partial charge < -0.3 is 10.6 Å². The maximum atomic E-state index is 12.1. The van der Waals surface area contributed by atoms with Crippen molar-refractivity contribution in [2.24, 2.45) is 5.92 Å². The topological polar surface area (TPSA) is 75.1 Å². The highest BCUT2D eigenvalue weighted by molar-refractivity contribution is 5.85. The number of rotatable bonds is 5. The van der Waals surface area contributed by atoms with Crippen molar-refractivity contribution < 1.29 is 4.79 Å². The summed E-state index contributed by atoms with van der Waals surface area (Å²) in [7, 11) is 0. The standard InChI is InChI=1S/C18H32N6O.ClH/c1-18(2,3)24-13-15(21-22-24)12-23-9-5-6-14(11-23)10-20-17(25)16-7-4-8-19-16;/h13-14,16,19H,4-12H2,1-3H3,(H,20,25);1H. The number of carbonyl (C=O) groups is 1. The van der Waals surface area contributed by atoms with Crippen LogP contribution in [0.5, 0.6) is 0 Å². The molecule has 2 atom stereocenters. The van der Waals surface area contributed by atoms with Gasteiger partial charge in [0.05, 0.1) is 23.5 Å². The summed E-state index contributed by atoms with van der Waals surface area (Å²) in [5.74, 6) is 0.694. The fourth-order valence-corrected chi connectivity index (χ4v) is 3.67. The lowest BCUT2D eigenvalue weighted by Crippen LogP contribution is -2.45. The van der Waals surface area contributed by atoms with Crippen LogP contribution in [0.1, 0.15) is 52.1 Å². The Labute approximate surface area is 162 Å². The highest BCUT2D eigenvalue weighted by Gasteiger charge is 2.25. The predicted molar refractivity (Wildman–Crippen MR) is 104 cm³/mol. The first-order valence-electron chi connectivity index (χ1n) is 9.57. The molecule has 1 amide bonds. The highest BCUT2D eigenvalue weighted by atomic mass is 35.5. The summed E-state index contributed by atoms with van der Waals surface area (Å²) in [4.78, 5) is 14.6. The zero-order valence-electron chi connectivity index (χ0n) is 16.2. The minimum atomic E-state index is -0.0335. The molecule has 7 nitrogen and oxygen atoms in total. The third kappa shape index (κ3) is 5.66. The van der Waals surface area contributed by atoms with Gasteiger partial charge in [0.15, 0.2) is 0 Å². The number of aromatic nitrogens is 3. The van der Waals surface area contributed by atoms with Crippen LogP contribution in [0.4, 0.5) is 0 Å². The molecule has 0 radical (unpaired) electrons. The average molecular weight is 385 g/mol. The Morgan fingerprint density at radius 1 is 1.35 bits per heavy atom. The minimum Gasteiger partial charge on any atom is -0.354 e. The molecule has 3 rings (SSSR count). The number of hydrogen-bond acceptors (Lipinski definition) is 5. The van der Waals surface area contributed by atoms with Crippen molar-refractivity contribution in [2.45, 2.75) is 64.6 Å². The van der Waals surface area contributed by atoms with Crippen LogP contribution in [-0.2, 0) is 16.9 Å². The molecule has 0 aromatic carbocycles. The Bertz CT molecular complexity index is 578. The zero-order chi connectivity index (χ0) is 17.9. The number of nitrogens with zero attached hydrogens (tertiary/aromatic N) is 4. The van der Waals surface area contributed by atoms with Gasteiger partial charge in [0, 0.05) is 19.6 Å². The number of nitrogens with one attached hydrogen (secondary N) is 2. The molecule has 0 saturated carbocycles. The van der Waals surface area contributed by atoms with Crippen LogP contribution in [0.25, 0.3) is 0 Å². The van der Waals surface area contributed by atoms with E-state index in [0.29, 0.717) is 5.92 Å². The maximum Gasteiger partial charge on any atom is 0.237 e. The molecule has 2 aliphatic heterocycles. The van der Waals surface area contributed by atoms with Crippen molar-refractivity contribution in [1.29, 1.82) is 0 Å². The molecule has 0 spiro atoms. The van der Waals surface area contributed by atoms with E-state index in [1.807, 2.05) is 4.68 Å². The van der Waals surface area contributed by atoms with Gasteiger partial charge in [-0.25, -0.2) is 4.68 Å². The number of halogens is 1. The number of piperidine rings is 1. The van der Waals surface area contributed by atoms with E-state index in [1.165, 1.54) is 12.8 Å². The first-order chi connectivity index (χ1) is 11.9. The lowest BCUT2D eigenvalue weighted by Gasteiger charge is -2.32. The molecule has 148 valence electrons. The molecule has 1 aromatic heterocycles. The van der Waals surface area contributed by atoms with Crippen LogP contribution >= 0.6 is 12.4 Å². The van der Waals surface area contributed by atoms with E-state index < -0.39 is 0 Å². The van der Waals surface area contributed by atoms with Crippen LogP contribution in [0.2, 0.25) is 0 Å². The molecule has 2 N–H and O–H groups in total. The second kappa shape index (κ2) is 9.15. The van der Waals surface area contributed by atoms with Gasteiger partial charge in [0.2, 0.25) is 5.91 Å². The molecule has 0 bridgehead atoms. The largest absolute Gasteiger partial charge is 0.354 e. The summed E-state index contributed by atoms with van der Waals surface area (Å²) in [5, 5.41) is 15.0. The minimum absolute atomic E-state index is 0. The van der Waals surface area contributed by atoms with Crippen LogP contribution in [0.15, 0.2) is 6.20 Å². The lowest BCUT2D eigenvalue weighted by atomic mass is 9.97. The van der Waals surface area contributed by atoms with E-state index in [1.54, 1.807) is 0 Å². The molecular formula is C18H33ClN6O. The van der Waals surface area contributed by atoms with Crippen molar-refractivity contribution >= 4 is 18.3 Å². The van der Waals surface area contributed by atoms with Crippen molar-refractivity contribution in [3.05, 3.63) is 11.9 Å². The number of amides is 1. The summed E-state index contributed by atoms with van der Waals surface area (Å²) in [6.45, 7) is 11.1. The Morgan fingerprint density at radius 2 is 2.15 bits per heavy atom. The Kier molecular flexibility index (Phi) is 7.43. The van der Waals surface area contributed by atoms with E-state index in [2.05, 4.69) is 52.8 Å². The maximum absolute atomic E-state index is 12.1. The predicted octanol–water partition coefficient (Wildman–Crippen LogP) is 1.54. The fourth-order valence-electron chi connectivity index (χ4n) is 3.67. The van der Waals surface area contributed by atoms with Gasteiger partial charge in [0.25, 0.3) is 0 Å².